The minimum Gasteiger partial charge on any atom is -0.462 e. The van der Waals surface area contributed by atoms with Gasteiger partial charge in [0.1, 0.15) is 19.3 Å². The van der Waals surface area contributed by atoms with Crippen LogP contribution in [0, 0.1) is 17.8 Å². The average Bonchev–Trinajstić information content (AvgIpc) is 3.00. The van der Waals surface area contributed by atoms with E-state index in [9.17, 15) is 43.2 Å². The molecule has 0 heterocycles. The molecule has 534 valence electrons. The van der Waals surface area contributed by atoms with Gasteiger partial charge in [-0.3, -0.25) is 37.3 Å². The Morgan fingerprint density at radius 3 is 0.756 bits per heavy atom. The molecule has 5 atom stereocenters. The molecule has 0 aromatic heterocycles. The third-order valence-electron chi connectivity index (χ3n) is 16.4. The fourth-order valence-corrected chi connectivity index (χ4v) is 12.3. The predicted molar refractivity (Wildman–Crippen MR) is 363 cm³/mol. The van der Waals surface area contributed by atoms with Gasteiger partial charge in [0, 0.05) is 25.7 Å². The molecule has 0 aromatic carbocycles. The van der Waals surface area contributed by atoms with Crippen molar-refractivity contribution in [1.82, 2.24) is 0 Å². The Morgan fingerprint density at radius 1 is 0.300 bits per heavy atom. The van der Waals surface area contributed by atoms with Gasteiger partial charge in [0.05, 0.1) is 26.4 Å². The first-order valence-corrected chi connectivity index (χ1v) is 39.8. The van der Waals surface area contributed by atoms with Crippen molar-refractivity contribution in [2.45, 2.75) is 375 Å². The summed E-state index contributed by atoms with van der Waals surface area (Å²) < 4.78 is 68.3. The van der Waals surface area contributed by atoms with Crippen molar-refractivity contribution in [2.24, 2.45) is 17.8 Å². The second kappa shape index (κ2) is 61.9. The van der Waals surface area contributed by atoms with Crippen LogP contribution < -0.4 is 0 Å². The molecule has 0 spiro atoms. The molecule has 0 fully saturated rings. The van der Waals surface area contributed by atoms with Crippen LogP contribution in [0.15, 0.2) is 0 Å². The maximum Gasteiger partial charge on any atom is 0.472 e. The van der Waals surface area contributed by atoms with E-state index >= 15 is 0 Å². The molecule has 19 heteroatoms. The molecule has 0 radical (unpaired) electrons. The molecule has 0 rings (SSSR count). The van der Waals surface area contributed by atoms with Gasteiger partial charge in [-0.1, -0.05) is 305 Å². The lowest BCUT2D eigenvalue weighted by molar-refractivity contribution is -0.161. The number of phosphoric acid groups is 2. The van der Waals surface area contributed by atoms with Gasteiger partial charge in [-0.2, -0.15) is 0 Å². The molecule has 90 heavy (non-hydrogen) atoms. The van der Waals surface area contributed by atoms with E-state index in [1.165, 1.54) is 161 Å². The summed E-state index contributed by atoms with van der Waals surface area (Å²) in [4.78, 5) is 72.6. The number of esters is 4. The topological polar surface area (TPSA) is 237 Å². The number of unbranched alkanes of at least 4 members (excludes halogenated alkanes) is 37. The molecular formula is C71H138O17P2. The lowest BCUT2D eigenvalue weighted by Crippen LogP contribution is -2.30. The highest BCUT2D eigenvalue weighted by Gasteiger charge is 2.30. The number of ether oxygens (including phenoxy) is 4. The van der Waals surface area contributed by atoms with Gasteiger partial charge in [0.15, 0.2) is 12.2 Å². The first-order valence-electron chi connectivity index (χ1n) is 36.8. The zero-order valence-electron chi connectivity index (χ0n) is 58.6. The molecule has 0 amide bonds. The van der Waals surface area contributed by atoms with Crippen LogP contribution in [0.25, 0.3) is 0 Å². The number of hydrogen-bond acceptors (Lipinski definition) is 15. The van der Waals surface area contributed by atoms with Crippen LogP contribution in [0.3, 0.4) is 0 Å². The number of aliphatic hydroxyl groups is 1. The van der Waals surface area contributed by atoms with Gasteiger partial charge >= 0.3 is 39.5 Å². The summed E-state index contributed by atoms with van der Waals surface area (Å²) in [5, 5.41) is 10.6. The minimum atomic E-state index is -4.95. The van der Waals surface area contributed by atoms with E-state index in [4.69, 9.17) is 37.0 Å². The minimum absolute atomic E-state index is 0.106. The number of carbonyl (C=O) groups is 4. The van der Waals surface area contributed by atoms with E-state index in [1.807, 2.05) is 0 Å². The summed E-state index contributed by atoms with van der Waals surface area (Å²) in [6.07, 6.45) is 45.8. The maximum atomic E-state index is 13.0. The Bertz CT molecular complexity index is 1770. The van der Waals surface area contributed by atoms with Gasteiger partial charge < -0.3 is 33.8 Å². The summed E-state index contributed by atoms with van der Waals surface area (Å²) in [7, 11) is -9.90. The zero-order valence-corrected chi connectivity index (χ0v) is 60.4. The number of rotatable bonds is 69. The fourth-order valence-electron chi connectivity index (χ4n) is 10.7. The SMILES string of the molecule is CCCCCCCCCCCCCCC(=O)O[C@H](COC(=O)CCCCCCCCC(C)C)COP(=O)(O)OC[C@H](O)COP(=O)(O)OC[C@@H](COC(=O)CCCCCCCCCCCCCC(C)C)OC(=O)CCCCCCCCCCCCCCC(C)C. The Hall–Kier alpha value is -1.94. The third kappa shape index (κ3) is 64.8. The summed E-state index contributed by atoms with van der Waals surface area (Å²) in [5.74, 6) is 0.102. The maximum absolute atomic E-state index is 13.0. The lowest BCUT2D eigenvalue weighted by atomic mass is 10.0. The zero-order chi connectivity index (χ0) is 66.6. The van der Waals surface area contributed by atoms with Crippen molar-refractivity contribution in [2.75, 3.05) is 39.6 Å². The van der Waals surface area contributed by atoms with Gasteiger partial charge in [0.25, 0.3) is 0 Å². The summed E-state index contributed by atoms with van der Waals surface area (Å²) in [5.41, 5.74) is 0. The fraction of sp³-hybridized carbons (Fsp3) is 0.944. The van der Waals surface area contributed by atoms with E-state index in [-0.39, 0.29) is 25.7 Å². The monoisotopic (exact) mass is 1320 g/mol. The Morgan fingerprint density at radius 2 is 0.511 bits per heavy atom. The quantitative estimate of drug-likeness (QED) is 0.0222. The van der Waals surface area contributed by atoms with Crippen molar-refractivity contribution < 1.29 is 80.2 Å². The van der Waals surface area contributed by atoms with Crippen molar-refractivity contribution in [3.63, 3.8) is 0 Å². The van der Waals surface area contributed by atoms with E-state index in [2.05, 4.69) is 48.5 Å². The van der Waals surface area contributed by atoms with E-state index in [0.29, 0.717) is 31.6 Å². The molecule has 0 aliphatic heterocycles. The molecule has 17 nitrogen and oxygen atoms in total. The number of aliphatic hydroxyl groups excluding tert-OH is 1. The van der Waals surface area contributed by atoms with Crippen LogP contribution in [-0.2, 0) is 65.4 Å². The first kappa shape index (κ1) is 88.1. The average molecular weight is 1330 g/mol. The normalized spacial score (nSPS) is 14.2. The van der Waals surface area contributed by atoms with E-state index in [1.54, 1.807) is 0 Å². The summed E-state index contributed by atoms with van der Waals surface area (Å²) >= 11 is 0. The molecule has 0 aliphatic rings. The van der Waals surface area contributed by atoms with Crippen molar-refractivity contribution >= 4 is 39.5 Å². The molecule has 0 saturated carbocycles. The molecular weight excluding hydrogens is 1190 g/mol. The predicted octanol–water partition coefficient (Wildman–Crippen LogP) is 20.2. The van der Waals surface area contributed by atoms with Crippen molar-refractivity contribution in [1.29, 1.82) is 0 Å². The Labute approximate surface area is 549 Å². The molecule has 0 aromatic rings. The van der Waals surface area contributed by atoms with Gasteiger partial charge in [-0.25, -0.2) is 9.13 Å². The largest absolute Gasteiger partial charge is 0.472 e. The van der Waals surface area contributed by atoms with Crippen LogP contribution in [0.4, 0.5) is 0 Å². The van der Waals surface area contributed by atoms with Crippen molar-refractivity contribution in [3.8, 4) is 0 Å². The third-order valence-corrected chi connectivity index (χ3v) is 18.3. The highest BCUT2D eigenvalue weighted by molar-refractivity contribution is 7.47. The smallest absolute Gasteiger partial charge is 0.462 e. The van der Waals surface area contributed by atoms with Crippen LogP contribution in [0.5, 0.6) is 0 Å². The van der Waals surface area contributed by atoms with Crippen LogP contribution >= 0.6 is 15.6 Å². The van der Waals surface area contributed by atoms with Crippen LogP contribution in [0.1, 0.15) is 357 Å². The highest BCUT2D eigenvalue weighted by Crippen LogP contribution is 2.45. The van der Waals surface area contributed by atoms with Gasteiger partial charge in [-0.05, 0) is 43.4 Å². The molecule has 3 N–H and O–H groups in total. The van der Waals surface area contributed by atoms with Crippen molar-refractivity contribution in [3.05, 3.63) is 0 Å². The van der Waals surface area contributed by atoms with Gasteiger partial charge in [0.2, 0.25) is 0 Å². The van der Waals surface area contributed by atoms with Crippen LogP contribution in [0.2, 0.25) is 0 Å². The van der Waals surface area contributed by atoms with Gasteiger partial charge in [-0.15, -0.1) is 0 Å². The highest BCUT2D eigenvalue weighted by atomic mass is 31.2. The second-order valence-electron chi connectivity index (χ2n) is 27.1. The molecule has 0 aliphatic carbocycles. The summed E-state index contributed by atoms with van der Waals surface area (Å²) in [6.45, 7) is 11.8. The van der Waals surface area contributed by atoms with E-state index < -0.39 is 97.5 Å². The molecule has 2 unspecified atom stereocenters. The Kier molecular flexibility index (Phi) is 60.6. The number of hydrogen-bond donors (Lipinski definition) is 3. The summed E-state index contributed by atoms with van der Waals surface area (Å²) in [6, 6.07) is 0. The second-order valence-corrected chi connectivity index (χ2v) is 30.0. The number of carbonyl (C=O) groups excluding carboxylic acids is 4. The standard InChI is InChI=1S/C71H138O17P2/c1-8-9-10-11-12-13-14-20-26-31-40-47-54-70(75)88-67(59-82-69(74)53-46-39-34-33-37-44-51-64(6)7)61-86-90(79,80)84-57-65(72)56-83-89(77,78)85-60-66(58-81-68(73)52-45-38-30-25-22-17-19-24-29-36-43-50-63(4)5)87-71(76)55-48-41-32-27-21-16-15-18-23-28-35-42-49-62(2)3/h62-67,72H,8-61H2,1-7H3,(H,77,78)(H,79,80)/t65-,66-,67-/m1/s1. The number of phosphoric ester groups is 2. The Balaban J connectivity index is 5.25. The van der Waals surface area contributed by atoms with Crippen LogP contribution in [-0.4, -0.2) is 96.7 Å². The lowest BCUT2D eigenvalue weighted by Gasteiger charge is -2.21. The molecule has 0 bridgehead atoms. The van der Waals surface area contributed by atoms with E-state index in [0.717, 1.165) is 108 Å². The molecule has 0 saturated heterocycles. The first-order chi connectivity index (χ1) is 43.2.